The maximum absolute atomic E-state index is 14.0. The number of carbonyl (C=O) groups excluding carboxylic acids is 2. The van der Waals surface area contributed by atoms with Crippen molar-refractivity contribution < 1.29 is 19.5 Å². The van der Waals surface area contributed by atoms with E-state index < -0.39 is 17.7 Å². The molecule has 2 saturated heterocycles. The Bertz CT molecular complexity index is 908. The highest BCUT2D eigenvalue weighted by atomic mass is 16.4. The van der Waals surface area contributed by atoms with Gasteiger partial charge in [0.1, 0.15) is 11.6 Å². The number of nitrogens with zero attached hydrogens (tertiary/aromatic N) is 2. The molecule has 0 radical (unpaired) electrons. The maximum Gasteiger partial charge on any atom is 0.408 e. The third-order valence-corrected chi connectivity index (χ3v) is 8.85. The van der Waals surface area contributed by atoms with Crippen molar-refractivity contribution >= 4 is 17.9 Å². The fourth-order valence-electron chi connectivity index (χ4n) is 6.59. The fraction of sp³-hybridized carbons (Fsp3) is 0.727. The normalized spacial score (nSPS) is 20.7. The number of carbonyl (C=O) groups is 3. The Morgan fingerprint density at radius 1 is 0.850 bits per heavy atom. The lowest BCUT2D eigenvalue weighted by molar-refractivity contribution is -0.146. The molecule has 1 aromatic rings. The van der Waals surface area contributed by atoms with Gasteiger partial charge in [-0.25, -0.2) is 4.79 Å². The number of nitrogens with one attached hydrogen (secondary N) is 1. The lowest BCUT2D eigenvalue weighted by Crippen LogP contribution is -2.61. The van der Waals surface area contributed by atoms with Crippen LogP contribution < -0.4 is 5.32 Å². The Labute approximate surface area is 242 Å². The molecular weight excluding hydrogens is 502 g/mol. The Morgan fingerprint density at radius 2 is 1.45 bits per heavy atom. The van der Waals surface area contributed by atoms with E-state index in [4.69, 9.17) is 0 Å². The Morgan fingerprint density at radius 3 is 2.05 bits per heavy atom. The number of amides is 3. The van der Waals surface area contributed by atoms with E-state index in [1.54, 1.807) is 4.90 Å². The standard InChI is InChI=1S/C33H53N3O4/c1-2-3-4-5-6-7-8-9-10-11-12-13-17-24-34-30(37)29-22-18-25-35(29)31(38)33(23-19-26-36(33)32(39)40)27-28-20-15-14-16-21-28/h14-16,20-21,29H,2-13,17-19,22-27H2,1H3,(H,34,37)(H,39,40). The highest BCUT2D eigenvalue weighted by Gasteiger charge is 2.53. The third kappa shape index (κ3) is 9.24. The number of hydrogen-bond donors (Lipinski definition) is 2. The van der Waals surface area contributed by atoms with Gasteiger partial charge in [0.15, 0.2) is 0 Å². The Hall–Kier alpha value is -2.57. The van der Waals surface area contributed by atoms with E-state index in [-0.39, 0.29) is 11.8 Å². The first-order chi connectivity index (χ1) is 19.5. The number of likely N-dealkylation sites (tertiary alicyclic amines) is 2. The van der Waals surface area contributed by atoms with E-state index in [2.05, 4.69) is 12.2 Å². The smallest absolute Gasteiger partial charge is 0.408 e. The predicted octanol–water partition coefficient (Wildman–Crippen LogP) is 6.94. The van der Waals surface area contributed by atoms with Gasteiger partial charge in [-0.1, -0.05) is 114 Å². The summed E-state index contributed by atoms with van der Waals surface area (Å²) >= 11 is 0. The predicted molar refractivity (Wildman–Crippen MR) is 160 cm³/mol. The molecule has 224 valence electrons. The summed E-state index contributed by atoms with van der Waals surface area (Å²) in [5.41, 5.74) is -0.211. The highest BCUT2D eigenvalue weighted by Crippen LogP contribution is 2.37. The first-order valence-corrected chi connectivity index (χ1v) is 16.1. The summed E-state index contributed by atoms with van der Waals surface area (Å²) in [6.45, 7) is 3.74. The number of benzene rings is 1. The van der Waals surface area contributed by atoms with Crippen LogP contribution in [0.2, 0.25) is 0 Å². The van der Waals surface area contributed by atoms with E-state index in [0.717, 1.165) is 24.8 Å². The second-order valence-corrected chi connectivity index (χ2v) is 11.9. The molecule has 2 heterocycles. The molecule has 1 aromatic carbocycles. The molecule has 7 nitrogen and oxygen atoms in total. The molecule has 0 bridgehead atoms. The van der Waals surface area contributed by atoms with Crippen molar-refractivity contribution in [2.24, 2.45) is 0 Å². The molecule has 2 fully saturated rings. The van der Waals surface area contributed by atoms with Crippen LogP contribution in [-0.2, 0) is 16.0 Å². The molecule has 0 aliphatic carbocycles. The lowest BCUT2D eigenvalue weighted by Gasteiger charge is -2.40. The van der Waals surface area contributed by atoms with Gasteiger partial charge in [-0.05, 0) is 37.7 Å². The first-order valence-electron chi connectivity index (χ1n) is 16.1. The van der Waals surface area contributed by atoms with Crippen LogP contribution in [0.25, 0.3) is 0 Å². The molecule has 2 aliphatic rings. The van der Waals surface area contributed by atoms with E-state index in [1.807, 2.05) is 30.3 Å². The zero-order chi connectivity index (χ0) is 28.6. The topological polar surface area (TPSA) is 90.0 Å². The molecule has 2 atom stereocenters. The molecule has 2 aliphatic heterocycles. The van der Waals surface area contributed by atoms with Crippen molar-refractivity contribution in [1.29, 1.82) is 0 Å². The molecule has 2 unspecified atom stereocenters. The average Bonchev–Trinajstić information content (AvgIpc) is 3.62. The molecule has 3 amide bonds. The molecule has 7 heteroatoms. The summed E-state index contributed by atoms with van der Waals surface area (Å²) in [6.07, 6.45) is 18.5. The third-order valence-electron chi connectivity index (χ3n) is 8.85. The zero-order valence-corrected chi connectivity index (χ0v) is 24.9. The Kier molecular flexibility index (Phi) is 13.8. The van der Waals surface area contributed by atoms with Crippen LogP contribution in [0.3, 0.4) is 0 Å². The molecule has 2 N–H and O–H groups in total. The SMILES string of the molecule is CCCCCCCCCCCCCCCNC(=O)C1CCCN1C(=O)C1(Cc2ccccc2)CCCN1C(=O)O. The summed E-state index contributed by atoms with van der Waals surface area (Å²) in [5.74, 6) is -0.311. The van der Waals surface area contributed by atoms with Gasteiger partial charge in [-0.3, -0.25) is 14.5 Å². The van der Waals surface area contributed by atoms with Crippen LogP contribution in [0.15, 0.2) is 30.3 Å². The minimum Gasteiger partial charge on any atom is -0.465 e. The monoisotopic (exact) mass is 555 g/mol. The van der Waals surface area contributed by atoms with Crippen LogP contribution in [-0.4, -0.2) is 64.0 Å². The van der Waals surface area contributed by atoms with Crippen molar-refractivity contribution in [3.8, 4) is 0 Å². The summed E-state index contributed by atoms with van der Waals surface area (Å²) < 4.78 is 0. The van der Waals surface area contributed by atoms with Gasteiger partial charge >= 0.3 is 6.09 Å². The van der Waals surface area contributed by atoms with Crippen molar-refractivity contribution in [2.45, 2.75) is 134 Å². The molecule has 3 rings (SSSR count). The summed E-state index contributed by atoms with van der Waals surface area (Å²) in [5, 5.41) is 13.0. The number of hydrogen-bond acceptors (Lipinski definition) is 3. The van der Waals surface area contributed by atoms with Gasteiger partial charge in [0.05, 0.1) is 0 Å². The van der Waals surface area contributed by atoms with Gasteiger partial charge in [0.25, 0.3) is 0 Å². The van der Waals surface area contributed by atoms with Crippen LogP contribution in [0, 0.1) is 0 Å². The first kappa shape index (κ1) is 32.0. The summed E-state index contributed by atoms with van der Waals surface area (Å²) in [6, 6.07) is 9.11. The molecule has 0 saturated carbocycles. The average molecular weight is 556 g/mol. The molecular formula is C33H53N3O4. The molecule has 0 aromatic heterocycles. The van der Waals surface area contributed by atoms with Gasteiger partial charge in [-0.2, -0.15) is 0 Å². The lowest BCUT2D eigenvalue weighted by atomic mass is 9.86. The Balaban J connectivity index is 1.40. The summed E-state index contributed by atoms with van der Waals surface area (Å²) in [7, 11) is 0. The van der Waals surface area contributed by atoms with Gasteiger partial charge in [0, 0.05) is 26.1 Å². The number of rotatable bonds is 18. The van der Waals surface area contributed by atoms with Crippen molar-refractivity contribution in [1.82, 2.24) is 15.1 Å². The van der Waals surface area contributed by atoms with Crippen molar-refractivity contribution in [3.05, 3.63) is 35.9 Å². The summed E-state index contributed by atoms with van der Waals surface area (Å²) in [4.78, 5) is 42.4. The molecule has 0 spiro atoms. The minimum atomic E-state index is -1.15. The van der Waals surface area contributed by atoms with E-state index in [0.29, 0.717) is 45.3 Å². The van der Waals surface area contributed by atoms with Gasteiger partial charge < -0.3 is 15.3 Å². The number of carboxylic acid groups (broad SMARTS) is 1. The van der Waals surface area contributed by atoms with Crippen LogP contribution >= 0.6 is 0 Å². The second-order valence-electron chi connectivity index (χ2n) is 11.9. The van der Waals surface area contributed by atoms with Crippen molar-refractivity contribution in [2.75, 3.05) is 19.6 Å². The molecule has 40 heavy (non-hydrogen) atoms. The van der Waals surface area contributed by atoms with Crippen LogP contribution in [0.4, 0.5) is 4.79 Å². The second kappa shape index (κ2) is 17.3. The van der Waals surface area contributed by atoms with Crippen LogP contribution in [0.1, 0.15) is 122 Å². The van der Waals surface area contributed by atoms with Crippen LogP contribution in [0.5, 0.6) is 0 Å². The zero-order valence-electron chi connectivity index (χ0n) is 24.9. The van der Waals surface area contributed by atoms with Gasteiger partial charge in [-0.15, -0.1) is 0 Å². The maximum atomic E-state index is 14.0. The van der Waals surface area contributed by atoms with E-state index in [1.165, 1.54) is 75.5 Å². The largest absolute Gasteiger partial charge is 0.465 e. The highest BCUT2D eigenvalue weighted by molar-refractivity contribution is 5.95. The minimum absolute atomic E-state index is 0.0977. The van der Waals surface area contributed by atoms with E-state index in [9.17, 15) is 19.5 Å². The quantitative estimate of drug-likeness (QED) is 0.192. The van der Waals surface area contributed by atoms with Crippen molar-refractivity contribution in [3.63, 3.8) is 0 Å². The van der Waals surface area contributed by atoms with E-state index >= 15 is 0 Å². The van der Waals surface area contributed by atoms with Gasteiger partial charge in [0.2, 0.25) is 11.8 Å². The number of unbranched alkanes of at least 4 members (excludes halogenated alkanes) is 12. The fourth-order valence-corrected chi connectivity index (χ4v) is 6.59.